The van der Waals surface area contributed by atoms with Gasteiger partial charge in [-0.2, -0.15) is 0 Å². The van der Waals surface area contributed by atoms with Crippen molar-refractivity contribution in [3.63, 3.8) is 0 Å². The van der Waals surface area contributed by atoms with Crippen molar-refractivity contribution >= 4 is 0 Å². The van der Waals surface area contributed by atoms with E-state index in [1.54, 1.807) is 0 Å². The first kappa shape index (κ1) is 3.94. The monoisotopic (exact) mass is 95.1 g/mol. The Kier molecular flexibility index (Phi) is 0.697. The maximum atomic E-state index is 1.89. The lowest BCUT2D eigenvalue weighted by molar-refractivity contribution is 0.393. The fourth-order valence-electron chi connectivity index (χ4n) is 1.81. The molecule has 0 N–H and O–H groups in total. The number of hydrogen-bond acceptors (Lipinski definition) is 0. The molecule has 0 heteroatoms. The molecule has 2 aliphatic rings. The zero-order chi connectivity index (χ0) is 4.69. The Labute approximate surface area is 44.9 Å². The van der Waals surface area contributed by atoms with Gasteiger partial charge in [-0.05, 0) is 37.5 Å². The summed E-state index contributed by atoms with van der Waals surface area (Å²) >= 11 is 0. The molecule has 0 aromatic heterocycles. The van der Waals surface area contributed by atoms with Crippen molar-refractivity contribution in [2.24, 2.45) is 5.92 Å². The molecule has 2 saturated carbocycles. The van der Waals surface area contributed by atoms with Gasteiger partial charge in [0.2, 0.25) is 0 Å². The SMILES string of the molecule is C1C[C]2CCC2C1. The number of fused-ring (bicyclic) bond motifs is 1. The standard InChI is InChI=1S/C7H11/c1-2-6-4-5-7(6)3-1/h6H,1-5H2. The first-order chi connectivity index (χ1) is 3.47. The topological polar surface area (TPSA) is 0 Å². The number of hydrogen-bond donors (Lipinski definition) is 0. The summed E-state index contributed by atoms with van der Waals surface area (Å²) < 4.78 is 0. The van der Waals surface area contributed by atoms with E-state index in [1.807, 2.05) is 5.92 Å². The van der Waals surface area contributed by atoms with Gasteiger partial charge in [0.15, 0.2) is 0 Å². The zero-order valence-corrected chi connectivity index (χ0v) is 4.61. The van der Waals surface area contributed by atoms with Gasteiger partial charge in [-0.25, -0.2) is 0 Å². The highest BCUT2D eigenvalue weighted by Gasteiger charge is 2.34. The van der Waals surface area contributed by atoms with E-state index < -0.39 is 0 Å². The largest absolute Gasteiger partial charge is 0.0525 e. The molecule has 0 aliphatic heterocycles. The lowest BCUT2D eigenvalue weighted by atomic mass is 9.77. The van der Waals surface area contributed by atoms with Crippen LogP contribution in [0.15, 0.2) is 0 Å². The van der Waals surface area contributed by atoms with E-state index in [4.69, 9.17) is 0 Å². The van der Waals surface area contributed by atoms with Crippen molar-refractivity contribution in [2.45, 2.75) is 32.1 Å². The smallest absolute Gasteiger partial charge is 0.0210 e. The molecule has 2 fully saturated rings. The minimum absolute atomic E-state index is 1.11. The second-order valence-electron chi connectivity index (χ2n) is 2.79. The molecule has 1 radical (unpaired) electrons. The summed E-state index contributed by atoms with van der Waals surface area (Å²) in [7, 11) is 0. The summed E-state index contributed by atoms with van der Waals surface area (Å²) in [6.07, 6.45) is 7.50. The third-order valence-corrected chi connectivity index (χ3v) is 2.44. The van der Waals surface area contributed by atoms with E-state index in [9.17, 15) is 0 Å². The third-order valence-electron chi connectivity index (χ3n) is 2.44. The van der Waals surface area contributed by atoms with Crippen LogP contribution in [0.25, 0.3) is 0 Å². The molecule has 0 aromatic rings. The van der Waals surface area contributed by atoms with Gasteiger partial charge in [-0.15, -0.1) is 0 Å². The summed E-state index contributed by atoms with van der Waals surface area (Å²) in [5, 5.41) is 0. The van der Waals surface area contributed by atoms with Crippen molar-refractivity contribution in [1.82, 2.24) is 0 Å². The van der Waals surface area contributed by atoms with Crippen LogP contribution in [0.5, 0.6) is 0 Å². The van der Waals surface area contributed by atoms with E-state index in [-0.39, 0.29) is 0 Å². The first-order valence-corrected chi connectivity index (χ1v) is 3.31. The molecular weight excluding hydrogens is 84.1 g/mol. The van der Waals surface area contributed by atoms with Crippen LogP contribution in [0.2, 0.25) is 0 Å². The van der Waals surface area contributed by atoms with Crippen LogP contribution in [0.1, 0.15) is 32.1 Å². The summed E-state index contributed by atoms with van der Waals surface area (Å²) in [5.74, 6) is 3.00. The predicted octanol–water partition coefficient (Wildman–Crippen LogP) is 2.15. The lowest BCUT2D eigenvalue weighted by Crippen LogP contribution is -2.16. The highest BCUT2D eigenvalue weighted by molar-refractivity contribution is 5.09. The predicted molar refractivity (Wildman–Crippen MR) is 29.8 cm³/mol. The van der Waals surface area contributed by atoms with Gasteiger partial charge in [0.05, 0.1) is 0 Å². The molecule has 0 saturated heterocycles. The molecule has 1 atom stereocenters. The van der Waals surface area contributed by atoms with Gasteiger partial charge in [-0.3, -0.25) is 0 Å². The van der Waals surface area contributed by atoms with Gasteiger partial charge in [0, 0.05) is 0 Å². The van der Waals surface area contributed by atoms with Crippen molar-refractivity contribution in [2.75, 3.05) is 0 Å². The van der Waals surface area contributed by atoms with Crippen LogP contribution in [0.4, 0.5) is 0 Å². The minimum Gasteiger partial charge on any atom is -0.0525 e. The summed E-state index contributed by atoms with van der Waals surface area (Å²) in [5.41, 5.74) is 0. The van der Waals surface area contributed by atoms with Crippen molar-refractivity contribution < 1.29 is 0 Å². The summed E-state index contributed by atoms with van der Waals surface area (Å²) in [6.45, 7) is 0. The van der Waals surface area contributed by atoms with Crippen molar-refractivity contribution in [3.05, 3.63) is 5.92 Å². The van der Waals surface area contributed by atoms with Crippen LogP contribution in [-0.4, -0.2) is 0 Å². The Balaban J connectivity index is 2.03. The maximum absolute atomic E-state index is 1.89. The zero-order valence-electron chi connectivity index (χ0n) is 4.61. The lowest BCUT2D eigenvalue weighted by Gasteiger charge is -2.28. The second-order valence-corrected chi connectivity index (χ2v) is 2.79. The maximum Gasteiger partial charge on any atom is -0.0210 e. The van der Waals surface area contributed by atoms with E-state index in [0.29, 0.717) is 0 Å². The molecule has 7 heavy (non-hydrogen) atoms. The molecule has 0 bridgehead atoms. The van der Waals surface area contributed by atoms with E-state index in [1.165, 1.54) is 32.1 Å². The van der Waals surface area contributed by atoms with Gasteiger partial charge >= 0.3 is 0 Å². The number of rotatable bonds is 0. The molecule has 0 aromatic carbocycles. The average molecular weight is 95.2 g/mol. The van der Waals surface area contributed by atoms with E-state index in [2.05, 4.69) is 0 Å². The van der Waals surface area contributed by atoms with Gasteiger partial charge in [-0.1, -0.05) is 6.42 Å². The Morgan fingerprint density at radius 3 is 2.43 bits per heavy atom. The highest BCUT2D eigenvalue weighted by atomic mass is 14.4. The fourth-order valence-corrected chi connectivity index (χ4v) is 1.81. The Bertz CT molecular complexity index is 66.1. The molecule has 2 aliphatic carbocycles. The second kappa shape index (κ2) is 1.24. The third kappa shape index (κ3) is 0.427. The highest BCUT2D eigenvalue weighted by Crippen LogP contribution is 2.48. The van der Waals surface area contributed by atoms with E-state index in [0.717, 1.165) is 5.92 Å². The minimum atomic E-state index is 1.11. The van der Waals surface area contributed by atoms with Crippen molar-refractivity contribution in [3.8, 4) is 0 Å². The Morgan fingerprint density at radius 1 is 1.14 bits per heavy atom. The normalized spacial score (nSPS) is 40.3. The van der Waals surface area contributed by atoms with Crippen LogP contribution in [-0.2, 0) is 0 Å². The molecule has 0 amide bonds. The van der Waals surface area contributed by atoms with Gasteiger partial charge < -0.3 is 0 Å². The molecule has 0 heterocycles. The first-order valence-electron chi connectivity index (χ1n) is 3.31. The van der Waals surface area contributed by atoms with E-state index >= 15 is 0 Å². The molecule has 39 valence electrons. The Morgan fingerprint density at radius 2 is 2.14 bits per heavy atom. The molecule has 0 spiro atoms. The molecule has 2 rings (SSSR count). The quantitative estimate of drug-likeness (QED) is 0.432. The van der Waals surface area contributed by atoms with Crippen LogP contribution in [0, 0.1) is 11.8 Å². The van der Waals surface area contributed by atoms with Crippen LogP contribution in [0.3, 0.4) is 0 Å². The molecular formula is C7H11. The summed E-state index contributed by atoms with van der Waals surface area (Å²) in [4.78, 5) is 0. The summed E-state index contributed by atoms with van der Waals surface area (Å²) in [6, 6.07) is 0. The van der Waals surface area contributed by atoms with Crippen molar-refractivity contribution in [1.29, 1.82) is 0 Å². The van der Waals surface area contributed by atoms with Crippen LogP contribution >= 0.6 is 0 Å². The molecule has 1 unspecified atom stereocenters. The fraction of sp³-hybridized carbons (Fsp3) is 0.857. The van der Waals surface area contributed by atoms with Gasteiger partial charge in [0.1, 0.15) is 0 Å². The van der Waals surface area contributed by atoms with Crippen LogP contribution < -0.4 is 0 Å². The van der Waals surface area contributed by atoms with Gasteiger partial charge in [0.25, 0.3) is 0 Å². The Hall–Kier alpha value is 0. The molecule has 0 nitrogen and oxygen atoms in total. The average Bonchev–Trinajstić information content (AvgIpc) is 1.85.